The SMILES string of the molecule is NC(Cc1cccc(F)c1Cl)CC1CCSCC1. The van der Waals surface area contributed by atoms with Crippen LogP contribution in [0.3, 0.4) is 0 Å². The minimum absolute atomic E-state index is 0.0809. The van der Waals surface area contributed by atoms with Crippen molar-refractivity contribution >= 4 is 23.4 Å². The topological polar surface area (TPSA) is 26.0 Å². The van der Waals surface area contributed by atoms with Crippen LogP contribution in [-0.2, 0) is 6.42 Å². The van der Waals surface area contributed by atoms with Gasteiger partial charge in [0, 0.05) is 6.04 Å². The highest BCUT2D eigenvalue weighted by Gasteiger charge is 2.18. The molecule has 2 rings (SSSR count). The first-order valence-corrected chi connectivity index (χ1v) is 7.96. The van der Waals surface area contributed by atoms with Crippen LogP contribution < -0.4 is 5.73 Å². The lowest BCUT2D eigenvalue weighted by atomic mass is 9.91. The molecule has 1 fully saturated rings. The molecule has 1 aromatic carbocycles. The van der Waals surface area contributed by atoms with Gasteiger partial charge < -0.3 is 5.73 Å². The Bertz CT molecular complexity index is 393. The third kappa shape index (κ3) is 3.87. The average molecular weight is 288 g/mol. The molecular weight excluding hydrogens is 269 g/mol. The van der Waals surface area contributed by atoms with E-state index in [9.17, 15) is 4.39 Å². The first-order chi connectivity index (χ1) is 8.66. The van der Waals surface area contributed by atoms with Crippen molar-refractivity contribution in [2.24, 2.45) is 11.7 Å². The Morgan fingerprint density at radius 2 is 2.11 bits per heavy atom. The largest absolute Gasteiger partial charge is 0.327 e. The number of rotatable bonds is 4. The Labute approximate surface area is 117 Å². The van der Waals surface area contributed by atoms with Gasteiger partial charge in [0.25, 0.3) is 0 Å². The van der Waals surface area contributed by atoms with E-state index >= 15 is 0 Å². The molecule has 4 heteroatoms. The molecule has 1 aliphatic rings. The van der Waals surface area contributed by atoms with E-state index < -0.39 is 0 Å². The molecule has 0 radical (unpaired) electrons. The zero-order valence-electron chi connectivity index (χ0n) is 10.4. The average Bonchev–Trinajstić information content (AvgIpc) is 2.36. The molecule has 1 aromatic rings. The first kappa shape index (κ1) is 14.2. The van der Waals surface area contributed by atoms with Crippen LogP contribution in [0, 0.1) is 11.7 Å². The summed E-state index contributed by atoms with van der Waals surface area (Å²) >= 11 is 7.97. The van der Waals surface area contributed by atoms with Crippen LogP contribution >= 0.6 is 23.4 Å². The van der Waals surface area contributed by atoms with Crippen LogP contribution in [0.4, 0.5) is 4.39 Å². The zero-order chi connectivity index (χ0) is 13.0. The summed E-state index contributed by atoms with van der Waals surface area (Å²) in [6.07, 6.45) is 4.21. The Hall–Kier alpha value is -0.250. The fraction of sp³-hybridized carbons (Fsp3) is 0.571. The van der Waals surface area contributed by atoms with Crippen LogP contribution in [0.1, 0.15) is 24.8 Å². The highest BCUT2D eigenvalue weighted by atomic mass is 35.5. The minimum Gasteiger partial charge on any atom is -0.327 e. The van der Waals surface area contributed by atoms with Crippen molar-refractivity contribution in [2.45, 2.75) is 31.7 Å². The van der Waals surface area contributed by atoms with E-state index in [0.29, 0.717) is 6.42 Å². The molecule has 1 heterocycles. The Morgan fingerprint density at radius 3 is 2.83 bits per heavy atom. The molecule has 0 saturated carbocycles. The Kier molecular flexibility index (Phi) is 5.34. The van der Waals surface area contributed by atoms with Crippen LogP contribution in [0.2, 0.25) is 5.02 Å². The quantitative estimate of drug-likeness (QED) is 0.909. The predicted octanol–water partition coefficient (Wildman–Crippen LogP) is 3.88. The lowest BCUT2D eigenvalue weighted by Crippen LogP contribution is -2.27. The van der Waals surface area contributed by atoms with Gasteiger partial charge in [0.15, 0.2) is 0 Å². The van der Waals surface area contributed by atoms with Crippen LogP contribution in [0.15, 0.2) is 18.2 Å². The second-order valence-corrected chi connectivity index (χ2v) is 6.57. The molecule has 1 aliphatic heterocycles. The van der Waals surface area contributed by atoms with Crippen LogP contribution in [0.25, 0.3) is 0 Å². The van der Waals surface area contributed by atoms with Gasteiger partial charge in [-0.25, -0.2) is 4.39 Å². The number of nitrogens with two attached hydrogens (primary N) is 1. The van der Waals surface area contributed by atoms with Crippen molar-refractivity contribution in [1.29, 1.82) is 0 Å². The summed E-state index contributed by atoms with van der Waals surface area (Å²) in [7, 11) is 0. The third-order valence-corrected chi connectivity index (χ3v) is 4.96. The summed E-state index contributed by atoms with van der Waals surface area (Å²) in [4.78, 5) is 0. The molecule has 0 amide bonds. The van der Waals surface area contributed by atoms with Crippen molar-refractivity contribution in [3.63, 3.8) is 0 Å². The molecule has 0 aliphatic carbocycles. The molecule has 0 aromatic heterocycles. The molecule has 1 nitrogen and oxygen atoms in total. The highest BCUT2D eigenvalue weighted by molar-refractivity contribution is 7.99. The molecule has 2 N–H and O–H groups in total. The number of hydrogen-bond donors (Lipinski definition) is 1. The fourth-order valence-electron chi connectivity index (χ4n) is 2.48. The zero-order valence-corrected chi connectivity index (χ0v) is 11.9. The molecule has 0 spiro atoms. The summed E-state index contributed by atoms with van der Waals surface area (Å²) in [5, 5.41) is 0.229. The van der Waals surface area contributed by atoms with Crippen molar-refractivity contribution in [2.75, 3.05) is 11.5 Å². The van der Waals surface area contributed by atoms with E-state index in [1.807, 2.05) is 17.8 Å². The van der Waals surface area contributed by atoms with E-state index in [0.717, 1.165) is 17.9 Å². The number of benzene rings is 1. The van der Waals surface area contributed by atoms with Gasteiger partial charge in [-0.3, -0.25) is 0 Å². The number of thioether (sulfide) groups is 1. The van der Waals surface area contributed by atoms with Crippen molar-refractivity contribution in [3.05, 3.63) is 34.6 Å². The maximum atomic E-state index is 13.3. The van der Waals surface area contributed by atoms with Gasteiger partial charge >= 0.3 is 0 Å². The van der Waals surface area contributed by atoms with E-state index in [1.165, 1.54) is 30.4 Å². The summed E-state index contributed by atoms with van der Waals surface area (Å²) in [6, 6.07) is 5.02. The molecule has 1 saturated heterocycles. The summed E-state index contributed by atoms with van der Waals surface area (Å²) in [6.45, 7) is 0. The van der Waals surface area contributed by atoms with Gasteiger partial charge in [-0.15, -0.1) is 0 Å². The smallest absolute Gasteiger partial charge is 0.142 e. The molecule has 1 atom stereocenters. The molecule has 1 unspecified atom stereocenters. The lowest BCUT2D eigenvalue weighted by Gasteiger charge is -2.24. The standard InChI is InChI=1S/C14H19ClFNS/c15-14-11(2-1-3-13(14)16)9-12(17)8-10-4-6-18-7-5-10/h1-3,10,12H,4-9,17H2. The van der Waals surface area contributed by atoms with Crippen LogP contribution in [-0.4, -0.2) is 17.5 Å². The van der Waals surface area contributed by atoms with Crippen molar-refractivity contribution in [1.82, 2.24) is 0 Å². The highest BCUT2D eigenvalue weighted by Crippen LogP contribution is 2.27. The minimum atomic E-state index is -0.351. The Morgan fingerprint density at radius 1 is 1.39 bits per heavy atom. The second kappa shape index (κ2) is 6.78. The molecule has 0 bridgehead atoms. The normalized spacial score (nSPS) is 18.8. The summed E-state index contributed by atoms with van der Waals surface area (Å²) in [5.74, 6) is 2.87. The van der Waals surface area contributed by atoms with Gasteiger partial charge in [0.2, 0.25) is 0 Å². The van der Waals surface area contributed by atoms with Crippen molar-refractivity contribution in [3.8, 4) is 0 Å². The molecule has 18 heavy (non-hydrogen) atoms. The second-order valence-electron chi connectivity index (χ2n) is 4.97. The predicted molar refractivity (Wildman–Crippen MR) is 77.8 cm³/mol. The van der Waals surface area contributed by atoms with Crippen molar-refractivity contribution < 1.29 is 4.39 Å². The van der Waals surface area contributed by atoms with E-state index in [4.69, 9.17) is 17.3 Å². The summed E-state index contributed by atoms with van der Waals surface area (Å²) < 4.78 is 13.3. The van der Waals surface area contributed by atoms with Gasteiger partial charge in [-0.2, -0.15) is 11.8 Å². The van der Waals surface area contributed by atoms with E-state index in [-0.39, 0.29) is 16.9 Å². The van der Waals surface area contributed by atoms with E-state index in [2.05, 4.69) is 0 Å². The number of hydrogen-bond acceptors (Lipinski definition) is 2. The lowest BCUT2D eigenvalue weighted by molar-refractivity contribution is 0.405. The van der Waals surface area contributed by atoms with E-state index in [1.54, 1.807) is 6.07 Å². The maximum absolute atomic E-state index is 13.3. The molecular formula is C14H19ClFNS. The number of halogens is 2. The van der Waals surface area contributed by atoms with Gasteiger partial charge in [0.1, 0.15) is 5.82 Å². The van der Waals surface area contributed by atoms with Gasteiger partial charge in [-0.05, 0) is 54.7 Å². The summed E-state index contributed by atoms with van der Waals surface area (Å²) in [5.41, 5.74) is 7.00. The Balaban J connectivity index is 1.90. The monoisotopic (exact) mass is 287 g/mol. The maximum Gasteiger partial charge on any atom is 0.142 e. The molecule has 100 valence electrons. The fourth-order valence-corrected chi connectivity index (χ4v) is 3.89. The van der Waals surface area contributed by atoms with Gasteiger partial charge in [0.05, 0.1) is 5.02 Å². The van der Waals surface area contributed by atoms with Gasteiger partial charge in [-0.1, -0.05) is 23.7 Å². The van der Waals surface area contributed by atoms with Crippen LogP contribution in [0.5, 0.6) is 0 Å². The first-order valence-electron chi connectivity index (χ1n) is 6.43. The third-order valence-electron chi connectivity index (χ3n) is 3.49.